The Morgan fingerprint density at radius 3 is 2.26 bits per heavy atom. The molecule has 5 aromatic rings. The molecule has 0 bridgehead atoms. The number of fused-ring (bicyclic) bond motifs is 4. The molecule has 0 spiro atoms. The Kier molecular flexibility index (Phi) is 2.50. The molecule has 0 saturated carbocycles. The summed E-state index contributed by atoms with van der Waals surface area (Å²) in [4.78, 5) is 9.10. The minimum atomic E-state index is 0.808. The SMILES string of the molecule is c1cnc2c(-c3cccc4oc5cccnc5c34)cccc2c1. The van der Waals surface area contributed by atoms with Gasteiger partial charge in [0, 0.05) is 23.3 Å². The zero-order chi connectivity index (χ0) is 15.2. The molecular formula is C20H12N2O. The lowest BCUT2D eigenvalue weighted by Gasteiger charge is -2.07. The maximum atomic E-state index is 5.94. The summed E-state index contributed by atoms with van der Waals surface area (Å²) in [6, 6.07) is 20.2. The van der Waals surface area contributed by atoms with Crippen molar-refractivity contribution in [2.75, 3.05) is 0 Å². The highest BCUT2D eigenvalue weighted by Gasteiger charge is 2.14. The molecule has 0 radical (unpaired) electrons. The van der Waals surface area contributed by atoms with E-state index >= 15 is 0 Å². The van der Waals surface area contributed by atoms with Crippen molar-refractivity contribution < 1.29 is 4.42 Å². The Bertz CT molecular complexity index is 1170. The second kappa shape index (κ2) is 4.65. The Morgan fingerprint density at radius 2 is 1.30 bits per heavy atom. The number of pyridine rings is 2. The Hall–Kier alpha value is -3.20. The van der Waals surface area contributed by atoms with Crippen LogP contribution in [0.15, 0.2) is 77.5 Å². The fourth-order valence-corrected chi connectivity index (χ4v) is 3.19. The van der Waals surface area contributed by atoms with Crippen LogP contribution in [0.1, 0.15) is 0 Å². The van der Waals surface area contributed by atoms with E-state index in [9.17, 15) is 0 Å². The largest absolute Gasteiger partial charge is 0.454 e. The lowest BCUT2D eigenvalue weighted by atomic mass is 9.98. The van der Waals surface area contributed by atoms with Crippen molar-refractivity contribution in [1.82, 2.24) is 9.97 Å². The van der Waals surface area contributed by atoms with E-state index in [0.717, 1.165) is 44.1 Å². The first-order valence-electron chi connectivity index (χ1n) is 7.52. The molecular weight excluding hydrogens is 284 g/mol. The standard InChI is InChI=1S/C20H12N2O/c1-5-13-6-3-11-21-19(13)15(8-1)14-7-2-9-16-18(14)20-17(23-16)10-4-12-22-20/h1-12H. The third-order valence-corrected chi connectivity index (χ3v) is 4.18. The van der Waals surface area contributed by atoms with Crippen LogP contribution in [0.5, 0.6) is 0 Å². The number of benzene rings is 2. The van der Waals surface area contributed by atoms with Crippen molar-refractivity contribution in [3.63, 3.8) is 0 Å². The van der Waals surface area contributed by atoms with E-state index < -0.39 is 0 Å². The smallest absolute Gasteiger partial charge is 0.153 e. The molecule has 0 unspecified atom stereocenters. The summed E-state index contributed by atoms with van der Waals surface area (Å²) in [7, 11) is 0. The number of para-hydroxylation sites is 1. The Balaban J connectivity index is 1.96. The summed E-state index contributed by atoms with van der Waals surface area (Å²) < 4.78 is 5.94. The average molecular weight is 296 g/mol. The van der Waals surface area contributed by atoms with Crippen molar-refractivity contribution in [3.05, 3.63) is 73.1 Å². The number of hydrogen-bond acceptors (Lipinski definition) is 3. The Morgan fingerprint density at radius 1 is 0.609 bits per heavy atom. The van der Waals surface area contributed by atoms with Crippen molar-refractivity contribution in [1.29, 1.82) is 0 Å². The predicted octanol–water partition coefficient (Wildman–Crippen LogP) is 5.20. The van der Waals surface area contributed by atoms with Crippen LogP contribution in [0.4, 0.5) is 0 Å². The van der Waals surface area contributed by atoms with Crippen LogP contribution in [-0.4, -0.2) is 9.97 Å². The van der Waals surface area contributed by atoms with Gasteiger partial charge in [-0.1, -0.05) is 36.4 Å². The lowest BCUT2D eigenvalue weighted by Crippen LogP contribution is -1.85. The lowest BCUT2D eigenvalue weighted by molar-refractivity contribution is 0.668. The van der Waals surface area contributed by atoms with Crippen molar-refractivity contribution >= 4 is 33.0 Å². The molecule has 23 heavy (non-hydrogen) atoms. The average Bonchev–Trinajstić information content (AvgIpc) is 3.00. The van der Waals surface area contributed by atoms with Gasteiger partial charge in [0.25, 0.3) is 0 Å². The van der Waals surface area contributed by atoms with Gasteiger partial charge >= 0.3 is 0 Å². The molecule has 3 heterocycles. The maximum absolute atomic E-state index is 5.94. The monoisotopic (exact) mass is 296 g/mol. The predicted molar refractivity (Wildman–Crippen MR) is 92.3 cm³/mol. The minimum absolute atomic E-state index is 0.808. The van der Waals surface area contributed by atoms with Crippen molar-refractivity contribution in [2.45, 2.75) is 0 Å². The van der Waals surface area contributed by atoms with Crippen LogP contribution in [0.2, 0.25) is 0 Å². The quantitative estimate of drug-likeness (QED) is 0.427. The molecule has 2 aromatic carbocycles. The van der Waals surface area contributed by atoms with Gasteiger partial charge in [-0.05, 0) is 29.8 Å². The van der Waals surface area contributed by atoms with Gasteiger partial charge in [-0.3, -0.25) is 9.97 Å². The van der Waals surface area contributed by atoms with Gasteiger partial charge < -0.3 is 4.42 Å². The molecule has 0 N–H and O–H groups in total. The fraction of sp³-hybridized carbons (Fsp3) is 0. The number of furan rings is 1. The highest BCUT2D eigenvalue weighted by molar-refractivity contribution is 6.13. The summed E-state index contributed by atoms with van der Waals surface area (Å²) in [6.45, 7) is 0. The van der Waals surface area contributed by atoms with Gasteiger partial charge in [0.1, 0.15) is 11.1 Å². The summed E-state index contributed by atoms with van der Waals surface area (Å²) in [5.41, 5.74) is 5.75. The summed E-state index contributed by atoms with van der Waals surface area (Å²) >= 11 is 0. The maximum Gasteiger partial charge on any atom is 0.153 e. The molecule has 5 rings (SSSR count). The molecule has 108 valence electrons. The highest BCUT2D eigenvalue weighted by Crippen LogP contribution is 2.37. The summed E-state index contributed by atoms with van der Waals surface area (Å²) in [5, 5.41) is 2.17. The van der Waals surface area contributed by atoms with E-state index in [0.29, 0.717) is 0 Å². The first-order valence-corrected chi connectivity index (χ1v) is 7.52. The van der Waals surface area contributed by atoms with E-state index in [1.54, 1.807) is 6.20 Å². The number of rotatable bonds is 1. The second-order valence-electron chi connectivity index (χ2n) is 5.51. The van der Waals surface area contributed by atoms with E-state index in [1.807, 2.05) is 36.5 Å². The van der Waals surface area contributed by atoms with Crippen LogP contribution in [0, 0.1) is 0 Å². The molecule has 0 aliphatic rings. The highest BCUT2D eigenvalue weighted by atomic mass is 16.3. The third-order valence-electron chi connectivity index (χ3n) is 4.18. The zero-order valence-corrected chi connectivity index (χ0v) is 12.2. The number of aromatic nitrogens is 2. The topological polar surface area (TPSA) is 38.9 Å². The minimum Gasteiger partial charge on any atom is -0.454 e. The van der Waals surface area contributed by atoms with Crippen LogP contribution in [0.25, 0.3) is 44.1 Å². The first-order chi connectivity index (χ1) is 11.4. The number of nitrogens with zero attached hydrogens (tertiary/aromatic N) is 2. The second-order valence-corrected chi connectivity index (χ2v) is 5.51. The van der Waals surface area contributed by atoms with Gasteiger partial charge in [0.2, 0.25) is 0 Å². The van der Waals surface area contributed by atoms with Gasteiger partial charge in [0.15, 0.2) is 5.58 Å². The van der Waals surface area contributed by atoms with E-state index in [-0.39, 0.29) is 0 Å². The molecule has 0 saturated heterocycles. The zero-order valence-electron chi connectivity index (χ0n) is 12.2. The van der Waals surface area contributed by atoms with Crippen LogP contribution in [-0.2, 0) is 0 Å². The fourth-order valence-electron chi connectivity index (χ4n) is 3.19. The molecule has 0 aliphatic carbocycles. The van der Waals surface area contributed by atoms with Gasteiger partial charge in [-0.15, -0.1) is 0 Å². The number of hydrogen-bond donors (Lipinski definition) is 0. The summed E-state index contributed by atoms with van der Waals surface area (Å²) in [5.74, 6) is 0. The van der Waals surface area contributed by atoms with Crippen LogP contribution < -0.4 is 0 Å². The van der Waals surface area contributed by atoms with Crippen LogP contribution >= 0.6 is 0 Å². The first kappa shape index (κ1) is 12.4. The molecule has 0 fully saturated rings. The molecule has 3 heteroatoms. The molecule has 3 nitrogen and oxygen atoms in total. The van der Waals surface area contributed by atoms with E-state index in [2.05, 4.69) is 40.3 Å². The van der Waals surface area contributed by atoms with Crippen molar-refractivity contribution in [2.24, 2.45) is 0 Å². The molecule has 0 amide bonds. The molecule has 0 aliphatic heterocycles. The van der Waals surface area contributed by atoms with E-state index in [4.69, 9.17) is 4.42 Å². The molecule has 3 aromatic heterocycles. The van der Waals surface area contributed by atoms with E-state index in [1.165, 1.54) is 0 Å². The van der Waals surface area contributed by atoms with Crippen LogP contribution in [0.3, 0.4) is 0 Å². The normalized spacial score (nSPS) is 11.5. The van der Waals surface area contributed by atoms with Gasteiger partial charge in [-0.25, -0.2) is 0 Å². The molecule has 0 atom stereocenters. The van der Waals surface area contributed by atoms with Gasteiger partial charge in [-0.2, -0.15) is 0 Å². The Labute approximate surface area is 132 Å². The van der Waals surface area contributed by atoms with Crippen molar-refractivity contribution in [3.8, 4) is 11.1 Å². The third kappa shape index (κ3) is 1.77. The summed E-state index contributed by atoms with van der Waals surface area (Å²) in [6.07, 6.45) is 3.63. The van der Waals surface area contributed by atoms with Gasteiger partial charge in [0.05, 0.1) is 10.9 Å².